The summed E-state index contributed by atoms with van der Waals surface area (Å²) in [5.41, 5.74) is -0.162. The van der Waals surface area contributed by atoms with Crippen LogP contribution in [0, 0.1) is 0 Å². The molecule has 0 bridgehead atoms. The van der Waals surface area contributed by atoms with Crippen LogP contribution < -0.4 is 14.2 Å². The summed E-state index contributed by atoms with van der Waals surface area (Å²) >= 11 is 0. The number of rotatable bonds is 8. The Kier molecular flexibility index (Phi) is 6.96. The van der Waals surface area contributed by atoms with Crippen molar-refractivity contribution >= 4 is 31.7 Å². The van der Waals surface area contributed by atoms with Gasteiger partial charge in [-0.3, -0.25) is 4.72 Å². The second-order valence-corrected chi connectivity index (χ2v) is 10.6. The Morgan fingerprint density at radius 3 is 1.94 bits per heavy atom. The highest BCUT2D eigenvalue weighted by atomic mass is 32.2. The first-order valence-corrected chi connectivity index (χ1v) is 12.5. The Labute approximate surface area is 187 Å². The second-order valence-electron chi connectivity index (χ2n) is 6.93. The smallest absolute Gasteiger partial charge is 0.340 e. The zero-order valence-electron chi connectivity index (χ0n) is 17.8. The van der Waals surface area contributed by atoms with Crippen molar-refractivity contribution < 1.29 is 35.8 Å². The number of nitrogens with zero attached hydrogens (tertiary/aromatic N) is 1. The quantitative estimate of drug-likeness (QED) is 0.564. The van der Waals surface area contributed by atoms with Crippen molar-refractivity contribution in [3.8, 4) is 11.5 Å². The fourth-order valence-corrected chi connectivity index (χ4v) is 5.90. The molecule has 0 unspecified atom stereocenters. The molecule has 174 valence electrons. The van der Waals surface area contributed by atoms with Crippen LogP contribution in [0.2, 0.25) is 0 Å². The number of hydrogen-bond donors (Lipinski definition) is 1. The molecule has 1 saturated heterocycles. The highest BCUT2D eigenvalue weighted by Crippen LogP contribution is 2.35. The van der Waals surface area contributed by atoms with Crippen molar-refractivity contribution in [2.75, 3.05) is 39.1 Å². The number of benzene rings is 2. The topological polar surface area (TPSA) is 128 Å². The van der Waals surface area contributed by atoms with Gasteiger partial charge in [0.15, 0.2) is 11.5 Å². The van der Waals surface area contributed by atoms with Crippen LogP contribution in [0.3, 0.4) is 0 Å². The molecule has 32 heavy (non-hydrogen) atoms. The lowest BCUT2D eigenvalue weighted by Crippen LogP contribution is -2.27. The fraction of sp³-hybridized carbons (Fsp3) is 0.350. The van der Waals surface area contributed by atoms with Crippen LogP contribution in [0.5, 0.6) is 11.5 Å². The van der Waals surface area contributed by atoms with Gasteiger partial charge in [0.2, 0.25) is 10.0 Å². The van der Waals surface area contributed by atoms with Gasteiger partial charge in [-0.2, -0.15) is 4.31 Å². The summed E-state index contributed by atoms with van der Waals surface area (Å²) < 4.78 is 70.0. The second kappa shape index (κ2) is 9.35. The number of ether oxygens (including phenoxy) is 3. The number of anilines is 1. The van der Waals surface area contributed by atoms with E-state index in [0.29, 0.717) is 13.1 Å². The van der Waals surface area contributed by atoms with Crippen LogP contribution in [-0.4, -0.2) is 61.5 Å². The molecular weight excluding hydrogens is 460 g/mol. The standard InChI is InChI=1S/C20H24N2O8S2/c1-28-18-12-16(20(23)30-3)17(13-19(18)29-2)21-31(24,25)14-6-8-15(9-7-14)32(26,27)22-10-4-5-11-22/h6-9,12-13,21H,4-5,10-11H2,1-3H3. The first-order chi connectivity index (χ1) is 15.1. The van der Waals surface area contributed by atoms with Crippen LogP contribution in [0.4, 0.5) is 5.69 Å². The van der Waals surface area contributed by atoms with E-state index < -0.39 is 26.0 Å². The van der Waals surface area contributed by atoms with E-state index in [-0.39, 0.29) is 32.5 Å². The van der Waals surface area contributed by atoms with Gasteiger partial charge in [-0.25, -0.2) is 21.6 Å². The molecule has 3 rings (SSSR count). The summed E-state index contributed by atoms with van der Waals surface area (Å²) in [5, 5.41) is 0. The lowest BCUT2D eigenvalue weighted by Gasteiger charge is -2.17. The van der Waals surface area contributed by atoms with Crippen LogP contribution in [0.25, 0.3) is 0 Å². The molecule has 1 aliphatic heterocycles. The van der Waals surface area contributed by atoms with Crippen molar-refractivity contribution in [2.45, 2.75) is 22.6 Å². The zero-order valence-corrected chi connectivity index (χ0v) is 19.5. The average Bonchev–Trinajstić information content (AvgIpc) is 3.34. The molecular formula is C20H24N2O8S2. The molecule has 12 heteroatoms. The third kappa shape index (κ3) is 4.66. The van der Waals surface area contributed by atoms with Crippen LogP contribution in [0.15, 0.2) is 46.2 Å². The Hall–Kier alpha value is -2.83. The Morgan fingerprint density at radius 2 is 1.41 bits per heavy atom. The number of sulfonamides is 2. The Balaban J connectivity index is 1.95. The van der Waals surface area contributed by atoms with Crippen LogP contribution in [0.1, 0.15) is 23.2 Å². The van der Waals surface area contributed by atoms with E-state index in [4.69, 9.17) is 14.2 Å². The lowest BCUT2D eigenvalue weighted by molar-refractivity contribution is 0.0601. The van der Waals surface area contributed by atoms with E-state index in [0.717, 1.165) is 20.0 Å². The molecule has 1 heterocycles. The van der Waals surface area contributed by atoms with Gasteiger partial charge in [-0.1, -0.05) is 0 Å². The maximum Gasteiger partial charge on any atom is 0.340 e. The number of esters is 1. The largest absolute Gasteiger partial charge is 0.493 e. The number of carbonyl (C=O) groups is 1. The molecule has 0 saturated carbocycles. The van der Waals surface area contributed by atoms with Gasteiger partial charge < -0.3 is 14.2 Å². The predicted molar refractivity (Wildman–Crippen MR) is 116 cm³/mol. The maximum atomic E-state index is 12.9. The number of nitrogens with one attached hydrogen (secondary N) is 1. The minimum atomic E-state index is -4.17. The molecule has 0 aromatic heterocycles. The van der Waals surface area contributed by atoms with Gasteiger partial charge in [-0.15, -0.1) is 0 Å². The normalized spacial score (nSPS) is 14.7. The summed E-state index contributed by atoms with van der Waals surface area (Å²) in [4.78, 5) is 12.0. The first kappa shape index (κ1) is 23.8. The summed E-state index contributed by atoms with van der Waals surface area (Å²) in [6.45, 7) is 0.888. The molecule has 0 spiro atoms. The highest BCUT2D eigenvalue weighted by molar-refractivity contribution is 7.92. The third-order valence-corrected chi connectivity index (χ3v) is 8.30. The zero-order chi connectivity index (χ0) is 23.5. The van der Waals surface area contributed by atoms with Crippen molar-refractivity contribution in [2.24, 2.45) is 0 Å². The van der Waals surface area contributed by atoms with E-state index in [1.54, 1.807) is 0 Å². The SMILES string of the molecule is COC(=O)c1cc(OC)c(OC)cc1NS(=O)(=O)c1ccc(S(=O)(=O)N2CCCC2)cc1. The van der Waals surface area contributed by atoms with Crippen molar-refractivity contribution in [3.63, 3.8) is 0 Å². The van der Waals surface area contributed by atoms with Gasteiger partial charge in [-0.05, 0) is 37.1 Å². The summed E-state index contributed by atoms with van der Waals surface area (Å²) in [6.07, 6.45) is 1.59. The Bertz CT molecular complexity index is 1200. The summed E-state index contributed by atoms with van der Waals surface area (Å²) in [7, 11) is -3.93. The van der Waals surface area contributed by atoms with Crippen molar-refractivity contribution in [1.29, 1.82) is 0 Å². The number of carbonyl (C=O) groups excluding carboxylic acids is 1. The molecule has 1 N–H and O–H groups in total. The molecule has 1 fully saturated rings. The van der Waals surface area contributed by atoms with E-state index in [1.807, 2.05) is 0 Å². The molecule has 2 aromatic carbocycles. The first-order valence-electron chi connectivity index (χ1n) is 9.61. The maximum absolute atomic E-state index is 12.9. The van der Waals surface area contributed by atoms with E-state index in [1.165, 1.54) is 54.9 Å². The highest BCUT2D eigenvalue weighted by Gasteiger charge is 2.28. The molecule has 1 aliphatic rings. The minimum Gasteiger partial charge on any atom is -0.493 e. The Morgan fingerprint density at radius 1 is 0.875 bits per heavy atom. The van der Waals surface area contributed by atoms with Gasteiger partial charge in [0.25, 0.3) is 10.0 Å². The predicted octanol–water partition coefficient (Wildman–Crippen LogP) is 2.08. The van der Waals surface area contributed by atoms with E-state index in [2.05, 4.69) is 4.72 Å². The number of hydrogen-bond acceptors (Lipinski definition) is 8. The molecule has 10 nitrogen and oxygen atoms in total. The van der Waals surface area contributed by atoms with Gasteiger partial charge in [0, 0.05) is 25.2 Å². The summed E-state index contributed by atoms with van der Waals surface area (Å²) in [6, 6.07) is 7.49. The van der Waals surface area contributed by atoms with E-state index in [9.17, 15) is 21.6 Å². The average molecular weight is 485 g/mol. The fourth-order valence-electron chi connectivity index (χ4n) is 3.31. The minimum absolute atomic E-state index is 0.0136. The van der Waals surface area contributed by atoms with Crippen molar-refractivity contribution in [1.82, 2.24) is 4.31 Å². The molecule has 2 aromatic rings. The molecule has 0 amide bonds. The van der Waals surface area contributed by atoms with Crippen LogP contribution >= 0.6 is 0 Å². The summed E-state index contributed by atoms with van der Waals surface area (Å²) in [5.74, 6) is -0.368. The van der Waals surface area contributed by atoms with Crippen molar-refractivity contribution in [3.05, 3.63) is 42.0 Å². The monoisotopic (exact) mass is 484 g/mol. The number of methoxy groups -OCH3 is 3. The van der Waals surface area contributed by atoms with Crippen LogP contribution in [-0.2, 0) is 24.8 Å². The van der Waals surface area contributed by atoms with Gasteiger partial charge in [0.05, 0.1) is 42.4 Å². The van der Waals surface area contributed by atoms with Gasteiger partial charge >= 0.3 is 5.97 Å². The lowest BCUT2D eigenvalue weighted by atomic mass is 10.1. The van der Waals surface area contributed by atoms with Gasteiger partial charge in [0.1, 0.15) is 0 Å². The molecule has 0 radical (unpaired) electrons. The molecule has 0 aliphatic carbocycles. The van der Waals surface area contributed by atoms with E-state index >= 15 is 0 Å². The molecule has 0 atom stereocenters. The third-order valence-electron chi connectivity index (χ3n) is 5.01.